The van der Waals surface area contributed by atoms with Crippen LogP contribution in [0.1, 0.15) is 22.8 Å². The summed E-state index contributed by atoms with van der Waals surface area (Å²) in [5.74, 6) is 0.739. The van der Waals surface area contributed by atoms with Crippen molar-refractivity contribution in [2.75, 3.05) is 37.4 Å². The summed E-state index contributed by atoms with van der Waals surface area (Å²) in [6.45, 7) is 5.00. The monoisotopic (exact) mass is 405 g/mol. The fourth-order valence-corrected chi connectivity index (χ4v) is 2.86. The molecule has 0 saturated carbocycles. The highest BCUT2D eigenvalue weighted by molar-refractivity contribution is 6.00. The van der Waals surface area contributed by atoms with Gasteiger partial charge in [-0.1, -0.05) is 6.07 Å². The number of fused-ring (bicyclic) bond motifs is 1. The van der Waals surface area contributed by atoms with Crippen LogP contribution in [0, 0.1) is 6.92 Å². The number of amides is 2. The van der Waals surface area contributed by atoms with Crippen LogP contribution in [0.5, 0.6) is 11.5 Å². The Morgan fingerprint density at radius 3 is 2.54 bits per heavy atom. The summed E-state index contributed by atoms with van der Waals surface area (Å²) in [5, 5.41) is 2.80. The predicted molar refractivity (Wildman–Crippen MR) is 110 cm³/mol. The van der Waals surface area contributed by atoms with Crippen molar-refractivity contribution in [2.45, 2.75) is 13.8 Å². The van der Waals surface area contributed by atoms with Crippen LogP contribution in [0.3, 0.4) is 0 Å². The Hall–Kier alpha value is -2.93. The maximum Gasteiger partial charge on any atom is 0.254 e. The maximum atomic E-state index is 12.8. The highest BCUT2D eigenvalue weighted by atomic mass is 35.5. The molecule has 150 valence electrons. The topological polar surface area (TPSA) is 93.9 Å². The van der Waals surface area contributed by atoms with E-state index in [9.17, 15) is 9.59 Å². The number of nitrogens with one attached hydrogen (secondary N) is 1. The zero-order chi connectivity index (χ0) is 19.4. The van der Waals surface area contributed by atoms with Crippen molar-refractivity contribution in [1.29, 1.82) is 0 Å². The quantitative estimate of drug-likeness (QED) is 0.746. The third-order valence-electron chi connectivity index (χ3n) is 4.32. The van der Waals surface area contributed by atoms with Crippen molar-refractivity contribution in [3.8, 4) is 11.5 Å². The van der Waals surface area contributed by atoms with Gasteiger partial charge in [-0.2, -0.15) is 0 Å². The lowest BCUT2D eigenvalue weighted by atomic mass is 10.1. The molecule has 1 aliphatic heterocycles. The van der Waals surface area contributed by atoms with Gasteiger partial charge >= 0.3 is 0 Å². The second-order valence-electron chi connectivity index (χ2n) is 6.30. The summed E-state index contributed by atoms with van der Waals surface area (Å²) in [7, 11) is 0. The SMILES string of the molecule is CCN(CC(=O)Nc1ccc2c(c1)OCCO2)C(=O)c1cc(N)ccc1C.Cl. The molecule has 2 aromatic carbocycles. The molecular weight excluding hydrogens is 382 g/mol. The largest absolute Gasteiger partial charge is 0.486 e. The minimum Gasteiger partial charge on any atom is -0.486 e. The van der Waals surface area contributed by atoms with Crippen LogP contribution in [0.25, 0.3) is 0 Å². The van der Waals surface area contributed by atoms with Crippen LogP contribution >= 0.6 is 12.4 Å². The van der Waals surface area contributed by atoms with Crippen LogP contribution in [-0.2, 0) is 4.79 Å². The lowest BCUT2D eigenvalue weighted by Crippen LogP contribution is -2.38. The molecule has 8 heteroatoms. The first kappa shape index (κ1) is 21.4. The molecule has 0 atom stereocenters. The average molecular weight is 406 g/mol. The number of halogens is 1. The van der Waals surface area contributed by atoms with Gasteiger partial charge in [0.05, 0.1) is 0 Å². The molecular formula is C20H24ClN3O4. The van der Waals surface area contributed by atoms with E-state index in [1.54, 1.807) is 36.4 Å². The third kappa shape index (κ3) is 4.86. The number of hydrogen-bond donors (Lipinski definition) is 2. The van der Waals surface area contributed by atoms with Crippen molar-refractivity contribution in [1.82, 2.24) is 4.90 Å². The number of aryl methyl sites for hydroxylation is 1. The zero-order valence-corrected chi connectivity index (χ0v) is 16.7. The molecule has 28 heavy (non-hydrogen) atoms. The van der Waals surface area contributed by atoms with Crippen molar-refractivity contribution in [3.05, 3.63) is 47.5 Å². The lowest BCUT2D eigenvalue weighted by molar-refractivity contribution is -0.116. The minimum absolute atomic E-state index is 0. The van der Waals surface area contributed by atoms with Gasteiger partial charge in [0.1, 0.15) is 19.8 Å². The fraction of sp³-hybridized carbons (Fsp3) is 0.300. The Balaban J connectivity index is 0.00000280. The van der Waals surface area contributed by atoms with E-state index in [0.29, 0.717) is 48.2 Å². The Morgan fingerprint density at radius 2 is 1.82 bits per heavy atom. The summed E-state index contributed by atoms with van der Waals surface area (Å²) < 4.78 is 11.0. The third-order valence-corrected chi connectivity index (χ3v) is 4.32. The van der Waals surface area contributed by atoms with Gasteiger partial charge in [-0.25, -0.2) is 0 Å². The van der Waals surface area contributed by atoms with Gasteiger partial charge in [0.15, 0.2) is 11.5 Å². The Kier molecular flexibility index (Phi) is 7.12. The first-order chi connectivity index (χ1) is 13.0. The summed E-state index contributed by atoms with van der Waals surface area (Å²) >= 11 is 0. The van der Waals surface area contributed by atoms with Crippen LogP contribution < -0.4 is 20.5 Å². The summed E-state index contributed by atoms with van der Waals surface area (Å²) in [6, 6.07) is 10.4. The van der Waals surface area contributed by atoms with E-state index in [4.69, 9.17) is 15.2 Å². The molecule has 0 unspecified atom stereocenters. The number of likely N-dealkylation sites (N-methyl/N-ethyl adjacent to an activating group) is 1. The molecule has 2 amide bonds. The van der Waals surface area contributed by atoms with Crippen molar-refractivity contribution >= 4 is 35.6 Å². The Bertz CT molecular complexity index is 873. The number of anilines is 2. The number of nitrogens with two attached hydrogens (primary N) is 1. The van der Waals surface area contributed by atoms with E-state index in [1.165, 1.54) is 4.90 Å². The molecule has 3 N–H and O–H groups in total. The standard InChI is InChI=1S/C20H23N3O4.ClH/c1-3-23(20(25)16-10-14(21)5-4-13(16)2)12-19(24)22-15-6-7-17-18(11-15)27-9-8-26-17;/h4-7,10-11H,3,8-9,12,21H2,1-2H3,(H,22,24);1H. The number of hydrogen-bond acceptors (Lipinski definition) is 5. The minimum atomic E-state index is -0.288. The molecule has 0 aliphatic carbocycles. The van der Waals surface area contributed by atoms with Gasteiger partial charge in [-0.05, 0) is 43.7 Å². The second-order valence-corrected chi connectivity index (χ2v) is 6.30. The van der Waals surface area contributed by atoms with Gasteiger partial charge in [-0.3, -0.25) is 9.59 Å². The molecule has 0 saturated heterocycles. The number of rotatable bonds is 5. The maximum absolute atomic E-state index is 12.8. The average Bonchev–Trinajstić information content (AvgIpc) is 2.67. The fourth-order valence-electron chi connectivity index (χ4n) is 2.86. The molecule has 3 rings (SSSR count). The van der Waals surface area contributed by atoms with Crippen LogP contribution in [-0.4, -0.2) is 43.0 Å². The predicted octanol–water partition coefficient (Wildman–Crippen LogP) is 2.87. The highest BCUT2D eigenvalue weighted by Gasteiger charge is 2.20. The number of nitrogen functional groups attached to an aromatic ring is 1. The van der Waals surface area contributed by atoms with Gasteiger partial charge in [0.2, 0.25) is 5.91 Å². The zero-order valence-electron chi connectivity index (χ0n) is 15.9. The van der Waals surface area contributed by atoms with Gasteiger partial charge in [0, 0.05) is 29.5 Å². The molecule has 7 nitrogen and oxygen atoms in total. The Morgan fingerprint density at radius 1 is 1.11 bits per heavy atom. The van der Waals surface area contributed by atoms with Crippen molar-refractivity contribution in [2.24, 2.45) is 0 Å². The number of carbonyl (C=O) groups excluding carboxylic acids is 2. The number of carbonyl (C=O) groups is 2. The first-order valence-electron chi connectivity index (χ1n) is 8.83. The molecule has 2 aromatic rings. The number of benzene rings is 2. The van der Waals surface area contributed by atoms with Crippen LogP contribution in [0.15, 0.2) is 36.4 Å². The molecule has 1 aliphatic rings. The molecule has 0 aromatic heterocycles. The highest BCUT2D eigenvalue weighted by Crippen LogP contribution is 2.32. The first-order valence-corrected chi connectivity index (χ1v) is 8.83. The normalized spacial score (nSPS) is 11.9. The summed E-state index contributed by atoms with van der Waals surface area (Å²) in [6.07, 6.45) is 0. The van der Waals surface area contributed by atoms with E-state index in [0.717, 1.165) is 5.56 Å². The molecule has 0 fully saturated rings. The number of ether oxygens (including phenoxy) is 2. The van der Waals surface area contributed by atoms with Gasteiger partial charge < -0.3 is 25.4 Å². The van der Waals surface area contributed by atoms with Crippen LogP contribution in [0.4, 0.5) is 11.4 Å². The molecule has 0 spiro atoms. The summed E-state index contributed by atoms with van der Waals surface area (Å²) in [5.41, 5.74) is 8.22. The Labute approximate surface area is 170 Å². The number of nitrogens with zero attached hydrogens (tertiary/aromatic N) is 1. The van der Waals surface area contributed by atoms with Gasteiger partial charge in [-0.15, -0.1) is 12.4 Å². The van der Waals surface area contributed by atoms with E-state index in [1.807, 2.05) is 13.8 Å². The van der Waals surface area contributed by atoms with Crippen molar-refractivity contribution < 1.29 is 19.1 Å². The van der Waals surface area contributed by atoms with Gasteiger partial charge in [0.25, 0.3) is 5.91 Å². The smallest absolute Gasteiger partial charge is 0.254 e. The van der Waals surface area contributed by atoms with E-state index < -0.39 is 0 Å². The molecule has 0 bridgehead atoms. The molecule has 0 radical (unpaired) electrons. The van der Waals surface area contributed by atoms with E-state index >= 15 is 0 Å². The van der Waals surface area contributed by atoms with E-state index in [2.05, 4.69) is 5.32 Å². The second kappa shape index (κ2) is 9.32. The molecule has 1 heterocycles. The van der Waals surface area contributed by atoms with Crippen molar-refractivity contribution in [3.63, 3.8) is 0 Å². The lowest BCUT2D eigenvalue weighted by Gasteiger charge is -2.22. The van der Waals surface area contributed by atoms with E-state index in [-0.39, 0.29) is 30.8 Å². The summed E-state index contributed by atoms with van der Waals surface area (Å²) in [4.78, 5) is 26.7. The van der Waals surface area contributed by atoms with Crippen LogP contribution in [0.2, 0.25) is 0 Å².